The number of nitrogens with two attached hydrogens (primary N) is 1. The van der Waals surface area contributed by atoms with Gasteiger partial charge in [-0.2, -0.15) is 13.2 Å². The molecule has 1 unspecified atom stereocenters. The van der Waals surface area contributed by atoms with E-state index < -0.39 is 23.6 Å². The Balaban J connectivity index is 2.55. The molecular weight excluding hydrogens is 294 g/mol. The Bertz CT molecular complexity index is 625. The zero-order valence-electron chi connectivity index (χ0n) is 10.1. The molecule has 0 bridgehead atoms. The predicted molar refractivity (Wildman–Crippen MR) is 68.9 cm³/mol. The van der Waals surface area contributed by atoms with E-state index in [1.807, 2.05) is 0 Å². The molecule has 20 heavy (non-hydrogen) atoms. The van der Waals surface area contributed by atoms with E-state index in [-0.39, 0.29) is 16.1 Å². The molecule has 0 heterocycles. The van der Waals surface area contributed by atoms with Crippen molar-refractivity contribution >= 4 is 11.6 Å². The fraction of sp³-hybridized carbons (Fsp3) is 0.143. The summed E-state index contributed by atoms with van der Waals surface area (Å²) in [5.41, 5.74) is 4.63. The third-order valence-corrected chi connectivity index (χ3v) is 3.21. The standard InChI is InChI=1S/C14H10ClF4N/c15-11-7-3-5-9(12(11)16)13(20)8-4-1-2-6-10(8)14(17,18)19/h1-7,13H,20H2. The second kappa shape index (κ2) is 5.42. The van der Waals surface area contributed by atoms with Gasteiger partial charge in [0.1, 0.15) is 5.82 Å². The highest BCUT2D eigenvalue weighted by atomic mass is 35.5. The van der Waals surface area contributed by atoms with Gasteiger partial charge in [-0.05, 0) is 17.7 Å². The van der Waals surface area contributed by atoms with Crippen molar-refractivity contribution in [1.29, 1.82) is 0 Å². The molecule has 0 saturated heterocycles. The van der Waals surface area contributed by atoms with Gasteiger partial charge in [0.05, 0.1) is 16.6 Å². The number of halogens is 5. The summed E-state index contributed by atoms with van der Waals surface area (Å²) in [6, 6.07) is 7.65. The van der Waals surface area contributed by atoms with Crippen molar-refractivity contribution in [2.45, 2.75) is 12.2 Å². The van der Waals surface area contributed by atoms with Crippen LogP contribution in [0.5, 0.6) is 0 Å². The van der Waals surface area contributed by atoms with Crippen LogP contribution in [0, 0.1) is 5.82 Å². The number of benzene rings is 2. The first-order chi connectivity index (χ1) is 9.32. The molecule has 0 spiro atoms. The van der Waals surface area contributed by atoms with Crippen LogP contribution in [0.3, 0.4) is 0 Å². The van der Waals surface area contributed by atoms with E-state index in [9.17, 15) is 17.6 Å². The molecule has 0 saturated carbocycles. The van der Waals surface area contributed by atoms with Crippen molar-refractivity contribution in [2.75, 3.05) is 0 Å². The Kier molecular flexibility index (Phi) is 4.01. The van der Waals surface area contributed by atoms with Crippen LogP contribution in [0.2, 0.25) is 5.02 Å². The molecule has 2 aromatic rings. The van der Waals surface area contributed by atoms with Crippen molar-refractivity contribution < 1.29 is 17.6 Å². The molecule has 106 valence electrons. The summed E-state index contributed by atoms with van der Waals surface area (Å²) in [5, 5.41) is -0.178. The molecule has 2 rings (SSSR count). The monoisotopic (exact) mass is 303 g/mol. The Morgan fingerprint density at radius 1 is 0.950 bits per heavy atom. The van der Waals surface area contributed by atoms with E-state index in [1.54, 1.807) is 0 Å². The SMILES string of the molecule is NC(c1ccccc1C(F)(F)F)c1cccc(Cl)c1F. The number of alkyl halides is 3. The van der Waals surface area contributed by atoms with E-state index in [0.717, 1.165) is 6.07 Å². The van der Waals surface area contributed by atoms with Gasteiger partial charge in [0, 0.05) is 5.56 Å². The van der Waals surface area contributed by atoms with Crippen LogP contribution in [-0.2, 0) is 6.18 Å². The first-order valence-electron chi connectivity index (χ1n) is 5.68. The zero-order chi connectivity index (χ0) is 14.9. The van der Waals surface area contributed by atoms with Crippen molar-refractivity contribution in [3.63, 3.8) is 0 Å². The molecule has 0 fully saturated rings. The lowest BCUT2D eigenvalue weighted by Gasteiger charge is -2.19. The van der Waals surface area contributed by atoms with E-state index >= 15 is 0 Å². The van der Waals surface area contributed by atoms with E-state index in [1.165, 1.54) is 36.4 Å². The van der Waals surface area contributed by atoms with E-state index in [2.05, 4.69) is 0 Å². The third-order valence-electron chi connectivity index (χ3n) is 2.92. The lowest BCUT2D eigenvalue weighted by molar-refractivity contribution is -0.138. The fourth-order valence-corrected chi connectivity index (χ4v) is 2.14. The number of rotatable bonds is 2. The summed E-state index contributed by atoms with van der Waals surface area (Å²) < 4.78 is 52.7. The maximum Gasteiger partial charge on any atom is 0.416 e. The average molecular weight is 304 g/mol. The molecule has 0 aliphatic heterocycles. The lowest BCUT2D eigenvalue weighted by atomic mass is 9.94. The predicted octanol–water partition coefficient (Wildman–Crippen LogP) is 4.55. The second-order valence-electron chi connectivity index (χ2n) is 4.21. The van der Waals surface area contributed by atoms with Gasteiger partial charge < -0.3 is 5.73 Å². The minimum Gasteiger partial charge on any atom is -0.320 e. The Morgan fingerprint density at radius 3 is 2.20 bits per heavy atom. The second-order valence-corrected chi connectivity index (χ2v) is 4.61. The van der Waals surface area contributed by atoms with Crippen LogP contribution in [-0.4, -0.2) is 0 Å². The molecule has 1 nitrogen and oxygen atoms in total. The van der Waals surface area contributed by atoms with Gasteiger partial charge in [-0.1, -0.05) is 41.9 Å². The summed E-state index contributed by atoms with van der Waals surface area (Å²) in [6.45, 7) is 0. The maximum absolute atomic E-state index is 13.9. The van der Waals surface area contributed by atoms with Gasteiger partial charge in [-0.25, -0.2) is 4.39 Å². The minimum absolute atomic E-state index is 0.0748. The van der Waals surface area contributed by atoms with Gasteiger partial charge in [0.15, 0.2) is 0 Å². The van der Waals surface area contributed by atoms with Crippen LogP contribution in [0.25, 0.3) is 0 Å². The summed E-state index contributed by atoms with van der Waals surface area (Å²) >= 11 is 5.62. The summed E-state index contributed by atoms with van der Waals surface area (Å²) in [6.07, 6.45) is -4.55. The highest BCUT2D eigenvalue weighted by molar-refractivity contribution is 6.30. The maximum atomic E-state index is 13.9. The van der Waals surface area contributed by atoms with Crippen molar-refractivity contribution in [3.8, 4) is 0 Å². The molecule has 0 aliphatic rings. The summed E-state index contributed by atoms with van der Waals surface area (Å²) in [4.78, 5) is 0. The molecule has 0 amide bonds. The molecular formula is C14H10ClF4N. The van der Waals surface area contributed by atoms with E-state index in [0.29, 0.717) is 0 Å². The van der Waals surface area contributed by atoms with Crippen molar-refractivity contribution in [1.82, 2.24) is 0 Å². The normalized spacial score (nSPS) is 13.3. The molecule has 2 N–H and O–H groups in total. The highest BCUT2D eigenvalue weighted by Gasteiger charge is 2.35. The van der Waals surface area contributed by atoms with Crippen LogP contribution < -0.4 is 5.73 Å². The van der Waals surface area contributed by atoms with E-state index in [4.69, 9.17) is 17.3 Å². The van der Waals surface area contributed by atoms with Crippen molar-refractivity contribution in [2.24, 2.45) is 5.73 Å². The van der Waals surface area contributed by atoms with Crippen LogP contribution in [0.4, 0.5) is 17.6 Å². The molecule has 0 radical (unpaired) electrons. The van der Waals surface area contributed by atoms with Gasteiger partial charge in [-0.15, -0.1) is 0 Å². The zero-order valence-corrected chi connectivity index (χ0v) is 10.8. The van der Waals surface area contributed by atoms with Gasteiger partial charge >= 0.3 is 6.18 Å². The Labute approximate surface area is 118 Å². The third kappa shape index (κ3) is 2.78. The molecule has 0 aromatic heterocycles. The van der Waals surface area contributed by atoms with Crippen LogP contribution in [0.15, 0.2) is 42.5 Å². The van der Waals surface area contributed by atoms with Crippen molar-refractivity contribution in [3.05, 3.63) is 70.0 Å². The Hall–Kier alpha value is -1.59. The largest absolute Gasteiger partial charge is 0.416 e. The van der Waals surface area contributed by atoms with Crippen LogP contribution >= 0.6 is 11.6 Å². The topological polar surface area (TPSA) is 26.0 Å². The molecule has 0 aliphatic carbocycles. The van der Waals surface area contributed by atoms with Crippen LogP contribution in [0.1, 0.15) is 22.7 Å². The number of hydrogen-bond acceptors (Lipinski definition) is 1. The first kappa shape index (κ1) is 14.8. The first-order valence-corrected chi connectivity index (χ1v) is 6.05. The minimum atomic E-state index is -4.55. The molecule has 1 atom stereocenters. The van der Waals surface area contributed by atoms with Gasteiger partial charge in [0.2, 0.25) is 0 Å². The molecule has 2 aromatic carbocycles. The summed E-state index contributed by atoms with van der Waals surface area (Å²) in [5.74, 6) is -0.807. The highest BCUT2D eigenvalue weighted by Crippen LogP contribution is 2.36. The van der Waals surface area contributed by atoms with Gasteiger partial charge in [0.25, 0.3) is 0 Å². The average Bonchev–Trinajstić information content (AvgIpc) is 2.40. The fourth-order valence-electron chi connectivity index (χ4n) is 1.95. The molecule has 6 heteroatoms. The lowest BCUT2D eigenvalue weighted by Crippen LogP contribution is -2.19. The smallest absolute Gasteiger partial charge is 0.320 e. The number of hydrogen-bond donors (Lipinski definition) is 1. The Morgan fingerprint density at radius 2 is 1.55 bits per heavy atom. The summed E-state index contributed by atoms with van der Waals surface area (Å²) in [7, 11) is 0. The van der Waals surface area contributed by atoms with Gasteiger partial charge in [-0.3, -0.25) is 0 Å². The quantitative estimate of drug-likeness (QED) is 0.810.